The Morgan fingerprint density at radius 2 is 1.93 bits per heavy atom. The number of carboxylic acid groups (broad SMARTS) is 1. The number of fused-ring (bicyclic) bond motifs is 1. The lowest BCUT2D eigenvalue weighted by Gasteiger charge is -2.33. The van der Waals surface area contributed by atoms with E-state index in [9.17, 15) is 19.5 Å². The fraction of sp³-hybridized carbons (Fsp3) is 0.571. The van der Waals surface area contributed by atoms with Crippen molar-refractivity contribution in [3.8, 4) is 5.75 Å². The molecule has 1 aliphatic heterocycles. The summed E-state index contributed by atoms with van der Waals surface area (Å²) in [4.78, 5) is 41.4. The first-order chi connectivity index (χ1) is 12.8. The summed E-state index contributed by atoms with van der Waals surface area (Å²) in [5.74, 6) is -2.32. The number of hydroxylamine groups is 2. The largest absolute Gasteiger partial charge is 0.481 e. The van der Waals surface area contributed by atoms with Crippen LogP contribution in [0, 0.1) is 5.92 Å². The van der Waals surface area contributed by atoms with Crippen LogP contribution in [0.3, 0.4) is 0 Å². The molecular weight excluding hydrogens is 346 g/mol. The number of hydrogen-bond donors (Lipinski definition) is 1. The van der Waals surface area contributed by atoms with Crippen molar-refractivity contribution >= 4 is 18.2 Å². The zero-order valence-electron chi connectivity index (χ0n) is 16.1. The minimum absolute atomic E-state index is 0.172. The van der Waals surface area contributed by atoms with Crippen LogP contribution in [0.5, 0.6) is 5.75 Å². The van der Waals surface area contributed by atoms with E-state index in [-0.39, 0.29) is 11.8 Å². The van der Waals surface area contributed by atoms with Crippen LogP contribution in [-0.4, -0.2) is 35.4 Å². The van der Waals surface area contributed by atoms with E-state index in [4.69, 9.17) is 4.84 Å². The Morgan fingerprint density at radius 1 is 1.26 bits per heavy atom. The number of carbonyl (C=O) groups is 3. The van der Waals surface area contributed by atoms with Crippen LogP contribution in [0.4, 0.5) is 0 Å². The quantitative estimate of drug-likeness (QED) is 0.797. The second kappa shape index (κ2) is 7.71. The van der Waals surface area contributed by atoms with Crippen molar-refractivity contribution in [3.63, 3.8) is 0 Å². The number of benzene rings is 1. The van der Waals surface area contributed by atoms with Gasteiger partial charge in [0.1, 0.15) is 6.29 Å². The van der Waals surface area contributed by atoms with Crippen molar-refractivity contribution in [1.29, 1.82) is 0 Å². The van der Waals surface area contributed by atoms with Crippen LogP contribution in [-0.2, 0) is 14.4 Å². The van der Waals surface area contributed by atoms with E-state index in [1.807, 2.05) is 6.07 Å². The predicted molar refractivity (Wildman–Crippen MR) is 99.7 cm³/mol. The standard InChI is InChI=1S/C21H27NO5/c1-12(11-23)19(21(25)26)17-9-15-13(2)20(24)22(3)27-18(15)10-16(17)14-7-5-4-6-8-14/h9-14,19H,4-8H2,1-3H3,(H,25,26). The number of likely N-dealkylation sites (N-methyl/N-ethyl adjacent to an activating group) is 1. The normalized spacial score (nSPS) is 22.6. The van der Waals surface area contributed by atoms with Crippen LogP contribution in [0.2, 0.25) is 0 Å². The minimum Gasteiger partial charge on any atom is -0.481 e. The Bertz CT molecular complexity index is 753. The molecule has 6 nitrogen and oxygen atoms in total. The molecule has 1 N–H and O–H groups in total. The van der Waals surface area contributed by atoms with Crippen LogP contribution in [0.15, 0.2) is 12.1 Å². The molecule has 0 radical (unpaired) electrons. The molecule has 3 atom stereocenters. The molecule has 2 aliphatic rings. The highest BCUT2D eigenvalue weighted by Gasteiger charge is 2.36. The Labute approximate surface area is 159 Å². The van der Waals surface area contributed by atoms with Gasteiger partial charge in [-0.3, -0.25) is 9.59 Å². The highest BCUT2D eigenvalue weighted by molar-refractivity contribution is 5.86. The number of amides is 1. The van der Waals surface area contributed by atoms with Gasteiger partial charge in [0.2, 0.25) is 0 Å². The minimum atomic E-state index is -1.01. The number of carboxylic acids is 1. The van der Waals surface area contributed by atoms with Gasteiger partial charge in [-0.2, -0.15) is 5.06 Å². The molecule has 1 aromatic rings. The van der Waals surface area contributed by atoms with Crippen LogP contribution >= 0.6 is 0 Å². The molecule has 1 heterocycles. The molecule has 1 fully saturated rings. The van der Waals surface area contributed by atoms with Gasteiger partial charge in [-0.05, 0) is 42.9 Å². The first kappa shape index (κ1) is 19.4. The zero-order valence-corrected chi connectivity index (χ0v) is 16.1. The van der Waals surface area contributed by atoms with Gasteiger partial charge < -0.3 is 14.7 Å². The van der Waals surface area contributed by atoms with Gasteiger partial charge >= 0.3 is 5.97 Å². The maximum atomic E-state index is 12.3. The average Bonchev–Trinajstić information content (AvgIpc) is 2.66. The van der Waals surface area contributed by atoms with Gasteiger partial charge in [0, 0.05) is 18.5 Å². The second-order valence-electron chi connectivity index (χ2n) is 7.81. The lowest BCUT2D eigenvalue weighted by Crippen LogP contribution is -2.38. The smallest absolute Gasteiger partial charge is 0.311 e. The molecular formula is C21H27NO5. The number of aldehydes is 1. The number of carbonyl (C=O) groups excluding carboxylic acids is 2. The number of hydrogen-bond acceptors (Lipinski definition) is 4. The molecule has 1 saturated carbocycles. The SMILES string of the molecule is CC1C(=O)N(C)Oc2cc(C3CCCCC3)c(C(C(=O)O)C(C)C=O)cc21. The summed E-state index contributed by atoms with van der Waals surface area (Å²) in [6, 6.07) is 3.71. The van der Waals surface area contributed by atoms with Crippen molar-refractivity contribution in [1.82, 2.24) is 5.06 Å². The van der Waals surface area contributed by atoms with E-state index >= 15 is 0 Å². The fourth-order valence-corrected chi connectivity index (χ4v) is 4.40. The van der Waals surface area contributed by atoms with Gasteiger partial charge in [0.05, 0.1) is 11.8 Å². The van der Waals surface area contributed by atoms with Crippen molar-refractivity contribution in [2.75, 3.05) is 7.05 Å². The Kier molecular flexibility index (Phi) is 5.53. The molecule has 27 heavy (non-hydrogen) atoms. The van der Waals surface area contributed by atoms with Crippen LogP contribution in [0.1, 0.15) is 80.4 Å². The molecule has 0 aromatic heterocycles. The fourth-order valence-electron chi connectivity index (χ4n) is 4.40. The Morgan fingerprint density at radius 3 is 2.52 bits per heavy atom. The molecule has 0 bridgehead atoms. The maximum absolute atomic E-state index is 12.3. The molecule has 3 unspecified atom stereocenters. The topological polar surface area (TPSA) is 83.9 Å². The summed E-state index contributed by atoms with van der Waals surface area (Å²) in [6.45, 7) is 3.43. The third-order valence-electron chi connectivity index (χ3n) is 5.98. The molecule has 0 spiro atoms. The Hall–Kier alpha value is -2.37. The van der Waals surface area contributed by atoms with Crippen molar-refractivity contribution in [2.45, 2.75) is 63.7 Å². The average molecular weight is 373 g/mol. The molecule has 1 aliphatic carbocycles. The van der Waals surface area contributed by atoms with Crippen LogP contribution in [0.25, 0.3) is 0 Å². The first-order valence-electron chi connectivity index (χ1n) is 9.66. The maximum Gasteiger partial charge on any atom is 0.311 e. The van der Waals surface area contributed by atoms with E-state index in [0.717, 1.165) is 31.2 Å². The third-order valence-corrected chi connectivity index (χ3v) is 5.98. The highest BCUT2D eigenvalue weighted by atomic mass is 16.7. The van der Waals surface area contributed by atoms with E-state index < -0.39 is 23.7 Å². The molecule has 146 valence electrons. The van der Waals surface area contributed by atoms with Gasteiger partial charge in [-0.1, -0.05) is 32.3 Å². The second-order valence-corrected chi connectivity index (χ2v) is 7.81. The molecule has 1 aromatic carbocycles. The molecule has 6 heteroatoms. The summed E-state index contributed by atoms with van der Waals surface area (Å²) in [6.07, 6.45) is 6.10. The van der Waals surface area contributed by atoms with Crippen molar-refractivity contribution in [3.05, 3.63) is 28.8 Å². The number of nitrogens with zero attached hydrogens (tertiary/aromatic N) is 1. The van der Waals surface area contributed by atoms with Gasteiger partial charge in [0.15, 0.2) is 5.75 Å². The summed E-state index contributed by atoms with van der Waals surface area (Å²) in [5, 5.41) is 11.1. The molecule has 3 rings (SSSR count). The summed E-state index contributed by atoms with van der Waals surface area (Å²) >= 11 is 0. The van der Waals surface area contributed by atoms with E-state index in [2.05, 4.69) is 0 Å². The highest BCUT2D eigenvalue weighted by Crippen LogP contribution is 2.44. The first-order valence-corrected chi connectivity index (χ1v) is 9.66. The zero-order chi connectivity index (χ0) is 19.7. The monoisotopic (exact) mass is 373 g/mol. The van der Waals surface area contributed by atoms with E-state index in [1.165, 1.54) is 11.5 Å². The Balaban J connectivity index is 2.18. The van der Waals surface area contributed by atoms with Crippen molar-refractivity contribution < 1.29 is 24.3 Å². The number of rotatable bonds is 5. The van der Waals surface area contributed by atoms with E-state index in [1.54, 1.807) is 27.0 Å². The molecule has 1 amide bonds. The van der Waals surface area contributed by atoms with Gasteiger partial charge in [-0.25, -0.2) is 0 Å². The third kappa shape index (κ3) is 3.57. The summed E-state index contributed by atoms with van der Waals surface area (Å²) in [5.41, 5.74) is 2.29. The van der Waals surface area contributed by atoms with Gasteiger partial charge in [0.25, 0.3) is 5.91 Å². The van der Waals surface area contributed by atoms with Gasteiger partial charge in [-0.15, -0.1) is 0 Å². The predicted octanol–water partition coefficient (Wildman–Crippen LogP) is 3.61. The van der Waals surface area contributed by atoms with E-state index in [0.29, 0.717) is 23.2 Å². The summed E-state index contributed by atoms with van der Waals surface area (Å²) in [7, 11) is 1.59. The summed E-state index contributed by atoms with van der Waals surface area (Å²) < 4.78 is 0. The molecule has 0 saturated heterocycles. The van der Waals surface area contributed by atoms with Crippen LogP contribution < -0.4 is 4.84 Å². The lowest BCUT2D eigenvalue weighted by molar-refractivity contribution is -0.157. The lowest BCUT2D eigenvalue weighted by atomic mass is 9.75. The number of aliphatic carboxylic acids is 1. The van der Waals surface area contributed by atoms with Crippen molar-refractivity contribution in [2.24, 2.45) is 5.92 Å².